The van der Waals surface area contributed by atoms with Crippen molar-refractivity contribution in [1.29, 1.82) is 0 Å². The third kappa shape index (κ3) is 6.18. The summed E-state index contributed by atoms with van der Waals surface area (Å²) < 4.78 is 1.09. The van der Waals surface area contributed by atoms with Gasteiger partial charge in [-0.15, -0.1) is 0 Å². The zero-order chi connectivity index (χ0) is 15.1. The Balaban J connectivity index is 1.67. The predicted octanol–water partition coefficient (Wildman–Crippen LogP) is 3.28. The number of carbonyl (C=O) groups is 1. The maximum atomic E-state index is 12.0. The first-order valence-electron chi connectivity index (χ1n) is 7.88. The Hall–Kier alpha value is -0.870. The molecule has 1 aliphatic heterocycles. The van der Waals surface area contributed by atoms with E-state index in [-0.39, 0.29) is 11.9 Å². The Morgan fingerprint density at radius 2 is 2.19 bits per heavy atom. The van der Waals surface area contributed by atoms with E-state index in [1.807, 2.05) is 12.1 Å². The molecular formula is C17H25BrN2O. The largest absolute Gasteiger partial charge is 0.353 e. The van der Waals surface area contributed by atoms with Gasteiger partial charge >= 0.3 is 0 Å². The summed E-state index contributed by atoms with van der Waals surface area (Å²) in [6.07, 6.45) is 5.03. The predicted molar refractivity (Wildman–Crippen MR) is 90.3 cm³/mol. The zero-order valence-corrected chi connectivity index (χ0v) is 14.3. The highest BCUT2D eigenvalue weighted by Gasteiger charge is 2.15. The molecule has 116 valence electrons. The molecule has 1 heterocycles. The number of rotatable bonds is 6. The summed E-state index contributed by atoms with van der Waals surface area (Å²) in [4.78, 5) is 12.0. The molecule has 4 heteroatoms. The van der Waals surface area contributed by atoms with E-state index in [2.05, 4.69) is 45.6 Å². The summed E-state index contributed by atoms with van der Waals surface area (Å²) in [6, 6.07) is 8.46. The highest BCUT2D eigenvalue weighted by molar-refractivity contribution is 9.10. The van der Waals surface area contributed by atoms with Crippen molar-refractivity contribution in [1.82, 2.24) is 10.6 Å². The third-order valence-corrected chi connectivity index (χ3v) is 4.57. The lowest BCUT2D eigenvalue weighted by Gasteiger charge is -2.22. The number of piperidine rings is 1. The molecule has 3 nitrogen and oxygen atoms in total. The third-order valence-electron chi connectivity index (χ3n) is 4.04. The minimum atomic E-state index is 0.183. The number of hydrogen-bond donors (Lipinski definition) is 2. The molecule has 1 saturated heterocycles. The van der Waals surface area contributed by atoms with Crippen molar-refractivity contribution in [3.63, 3.8) is 0 Å². The SMILES string of the molecule is CC(Cc1ccc(Br)cc1)NC(=O)CCC1CCCNC1. The van der Waals surface area contributed by atoms with Crippen LogP contribution in [-0.4, -0.2) is 25.0 Å². The standard InChI is InChI=1S/C17H25BrN2O/c1-13(11-14-4-7-16(18)8-5-14)20-17(21)9-6-15-3-2-10-19-12-15/h4-5,7-8,13,15,19H,2-3,6,9-12H2,1H3,(H,20,21). The summed E-state index contributed by atoms with van der Waals surface area (Å²) in [5, 5.41) is 6.51. The van der Waals surface area contributed by atoms with Gasteiger partial charge in [0, 0.05) is 16.9 Å². The van der Waals surface area contributed by atoms with Crippen molar-refractivity contribution in [2.45, 2.75) is 45.1 Å². The van der Waals surface area contributed by atoms with E-state index < -0.39 is 0 Å². The summed E-state index contributed by atoms with van der Waals surface area (Å²) in [5.41, 5.74) is 1.25. The molecule has 0 radical (unpaired) electrons. The van der Waals surface area contributed by atoms with Gasteiger partial charge in [0.1, 0.15) is 0 Å². The van der Waals surface area contributed by atoms with Crippen LogP contribution in [0.3, 0.4) is 0 Å². The van der Waals surface area contributed by atoms with Crippen molar-refractivity contribution in [3.05, 3.63) is 34.3 Å². The van der Waals surface area contributed by atoms with Crippen molar-refractivity contribution < 1.29 is 4.79 Å². The second kappa shape index (κ2) is 8.54. The molecule has 21 heavy (non-hydrogen) atoms. The second-order valence-corrected chi connectivity index (χ2v) is 6.97. The molecule has 0 saturated carbocycles. The minimum Gasteiger partial charge on any atom is -0.353 e. The molecule has 2 atom stereocenters. The normalized spacial score (nSPS) is 20.0. The van der Waals surface area contributed by atoms with E-state index in [4.69, 9.17) is 0 Å². The molecule has 1 aromatic carbocycles. The Kier molecular flexibility index (Phi) is 6.71. The van der Waals surface area contributed by atoms with Gasteiger partial charge in [-0.05, 0) is 69.3 Å². The minimum absolute atomic E-state index is 0.183. The highest BCUT2D eigenvalue weighted by Crippen LogP contribution is 2.16. The van der Waals surface area contributed by atoms with Crippen LogP contribution in [0.2, 0.25) is 0 Å². The van der Waals surface area contributed by atoms with Gasteiger partial charge in [-0.25, -0.2) is 0 Å². The van der Waals surface area contributed by atoms with Crippen LogP contribution in [0.5, 0.6) is 0 Å². The number of halogens is 1. The quantitative estimate of drug-likeness (QED) is 0.824. The second-order valence-electron chi connectivity index (χ2n) is 6.05. The molecule has 2 N–H and O–H groups in total. The smallest absolute Gasteiger partial charge is 0.220 e. The van der Waals surface area contributed by atoms with Crippen LogP contribution in [0.15, 0.2) is 28.7 Å². The fraction of sp³-hybridized carbons (Fsp3) is 0.588. The lowest BCUT2D eigenvalue weighted by Crippen LogP contribution is -2.35. The lowest BCUT2D eigenvalue weighted by atomic mass is 9.94. The molecule has 0 bridgehead atoms. The Labute approximate surface area is 136 Å². The average molecular weight is 353 g/mol. The van der Waals surface area contributed by atoms with Crippen LogP contribution in [0, 0.1) is 5.92 Å². The molecule has 1 amide bonds. The first-order chi connectivity index (χ1) is 10.1. The van der Waals surface area contributed by atoms with Gasteiger partial charge < -0.3 is 10.6 Å². The van der Waals surface area contributed by atoms with Crippen LogP contribution in [0.4, 0.5) is 0 Å². The van der Waals surface area contributed by atoms with Gasteiger partial charge in [0.05, 0.1) is 0 Å². The molecule has 0 aliphatic carbocycles. The van der Waals surface area contributed by atoms with Crippen LogP contribution in [0.25, 0.3) is 0 Å². The number of benzene rings is 1. The fourth-order valence-corrected chi connectivity index (χ4v) is 3.14. The molecule has 1 aromatic rings. The maximum Gasteiger partial charge on any atom is 0.220 e. The van der Waals surface area contributed by atoms with Crippen molar-refractivity contribution >= 4 is 21.8 Å². The Bertz CT molecular complexity index is 441. The number of nitrogens with one attached hydrogen (secondary N) is 2. The van der Waals surface area contributed by atoms with E-state index in [0.717, 1.165) is 30.4 Å². The Morgan fingerprint density at radius 1 is 1.43 bits per heavy atom. The zero-order valence-electron chi connectivity index (χ0n) is 12.7. The summed E-state index contributed by atoms with van der Waals surface area (Å²) in [5.74, 6) is 0.858. The first kappa shape index (κ1) is 16.5. The molecular weight excluding hydrogens is 328 g/mol. The molecule has 1 aliphatic rings. The summed E-state index contributed by atoms with van der Waals surface area (Å²) in [6.45, 7) is 4.27. The monoisotopic (exact) mass is 352 g/mol. The van der Waals surface area contributed by atoms with E-state index in [1.165, 1.54) is 18.4 Å². The fourth-order valence-electron chi connectivity index (χ4n) is 2.88. The van der Waals surface area contributed by atoms with Crippen molar-refractivity contribution in [3.8, 4) is 0 Å². The molecule has 1 fully saturated rings. The topological polar surface area (TPSA) is 41.1 Å². The maximum absolute atomic E-state index is 12.0. The molecule has 2 rings (SSSR count). The average Bonchev–Trinajstić information content (AvgIpc) is 2.48. The van der Waals surface area contributed by atoms with Gasteiger partial charge in [0.25, 0.3) is 0 Å². The number of carbonyl (C=O) groups excluding carboxylic acids is 1. The lowest BCUT2D eigenvalue weighted by molar-refractivity contribution is -0.122. The van der Waals surface area contributed by atoms with Crippen LogP contribution >= 0.6 is 15.9 Å². The Morgan fingerprint density at radius 3 is 2.86 bits per heavy atom. The molecule has 0 spiro atoms. The number of amides is 1. The van der Waals surface area contributed by atoms with E-state index in [1.54, 1.807) is 0 Å². The highest BCUT2D eigenvalue weighted by atomic mass is 79.9. The van der Waals surface area contributed by atoms with Crippen LogP contribution < -0.4 is 10.6 Å². The molecule has 0 aromatic heterocycles. The van der Waals surface area contributed by atoms with Gasteiger partial charge in [0.15, 0.2) is 0 Å². The molecule has 2 unspecified atom stereocenters. The summed E-state index contributed by atoms with van der Waals surface area (Å²) in [7, 11) is 0. The van der Waals surface area contributed by atoms with Crippen LogP contribution in [-0.2, 0) is 11.2 Å². The van der Waals surface area contributed by atoms with Crippen molar-refractivity contribution in [2.24, 2.45) is 5.92 Å². The van der Waals surface area contributed by atoms with Gasteiger partial charge in [0.2, 0.25) is 5.91 Å². The number of hydrogen-bond acceptors (Lipinski definition) is 2. The van der Waals surface area contributed by atoms with Gasteiger partial charge in [-0.3, -0.25) is 4.79 Å². The van der Waals surface area contributed by atoms with Crippen LogP contribution in [0.1, 0.15) is 38.2 Å². The van der Waals surface area contributed by atoms with Gasteiger partial charge in [-0.2, -0.15) is 0 Å². The van der Waals surface area contributed by atoms with Gasteiger partial charge in [-0.1, -0.05) is 28.1 Å². The first-order valence-corrected chi connectivity index (χ1v) is 8.67. The van der Waals surface area contributed by atoms with Crippen molar-refractivity contribution in [2.75, 3.05) is 13.1 Å². The van der Waals surface area contributed by atoms with E-state index in [0.29, 0.717) is 12.3 Å². The summed E-state index contributed by atoms with van der Waals surface area (Å²) >= 11 is 3.44. The van der Waals surface area contributed by atoms with E-state index >= 15 is 0 Å². The van der Waals surface area contributed by atoms with E-state index in [9.17, 15) is 4.79 Å².